The Balaban J connectivity index is 2.54. The van der Waals surface area contributed by atoms with Gasteiger partial charge < -0.3 is 0 Å². The number of aromatic nitrogens is 3. The molecule has 0 N–H and O–H groups in total. The standard InChI is InChI=1S/C7H8N4S/c8-5-7-9-6-11(10-7)3-1-2-4-12/h1-2,6,12H,3-4H2. The summed E-state index contributed by atoms with van der Waals surface area (Å²) in [5, 5.41) is 12.3. The van der Waals surface area contributed by atoms with Gasteiger partial charge in [-0.25, -0.2) is 9.67 Å². The average Bonchev–Trinajstić information content (AvgIpc) is 2.53. The minimum Gasteiger partial charge on any atom is -0.248 e. The van der Waals surface area contributed by atoms with Crippen molar-refractivity contribution < 1.29 is 0 Å². The van der Waals surface area contributed by atoms with Gasteiger partial charge in [-0.15, -0.1) is 5.10 Å². The van der Waals surface area contributed by atoms with E-state index in [-0.39, 0.29) is 5.82 Å². The molecule has 1 rings (SSSR count). The van der Waals surface area contributed by atoms with Crippen LogP contribution < -0.4 is 0 Å². The molecule has 0 aromatic carbocycles. The van der Waals surface area contributed by atoms with Crippen LogP contribution >= 0.6 is 12.6 Å². The van der Waals surface area contributed by atoms with Gasteiger partial charge in [-0.1, -0.05) is 12.2 Å². The predicted octanol–water partition coefficient (Wildman–Crippen LogP) is 0.636. The lowest BCUT2D eigenvalue weighted by Crippen LogP contribution is -1.95. The highest BCUT2D eigenvalue weighted by Crippen LogP contribution is 1.88. The van der Waals surface area contributed by atoms with Crippen molar-refractivity contribution in [1.29, 1.82) is 5.26 Å². The third kappa shape index (κ3) is 2.40. The van der Waals surface area contributed by atoms with Gasteiger partial charge in [-0.3, -0.25) is 0 Å². The van der Waals surface area contributed by atoms with E-state index in [9.17, 15) is 0 Å². The quantitative estimate of drug-likeness (QED) is 0.548. The Kier molecular flexibility index (Phi) is 3.35. The Bertz CT molecular complexity index is 309. The molecule has 5 heteroatoms. The van der Waals surface area contributed by atoms with Crippen molar-refractivity contribution in [1.82, 2.24) is 14.8 Å². The van der Waals surface area contributed by atoms with Gasteiger partial charge in [0.1, 0.15) is 12.4 Å². The number of nitriles is 1. The van der Waals surface area contributed by atoms with Crippen molar-refractivity contribution in [3.8, 4) is 6.07 Å². The lowest BCUT2D eigenvalue weighted by Gasteiger charge is -1.90. The molecule has 0 radical (unpaired) electrons. The monoisotopic (exact) mass is 180 g/mol. The number of rotatable bonds is 3. The number of thiol groups is 1. The number of nitrogens with zero attached hydrogens (tertiary/aromatic N) is 4. The highest BCUT2D eigenvalue weighted by molar-refractivity contribution is 7.80. The lowest BCUT2D eigenvalue weighted by molar-refractivity contribution is 0.696. The maximum absolute atomic E-state index is 8.40. The normalized spacial score (nSPS) is 10.3. The Morgan fingerprint density at radius 2 is 2.50 bits per heavy atom. The summed E-state index contributed by atoms with van der Waals surface area (Å²) >= 11 is 4.01. The van der Waals surface area contributed by atoms with Gasteiger partial charge in [0, 0.05) is 5.75 Å². The first-order valence-electron chi connectivity index (χ1n) is 3.42. The summed E-state index contributed by atoms with van der Waals surface area (Å²) in [6, 6.07) is 1.86. The second-order valence-corrected chi connectivity index (χ2v) is 2.42. The van der Waals surface area contributed by atoms with E-state index in [1.807, 2.05) is 18.2 Å². The molecule has 62 valence electrons. The molecule has 12 heavy (non-hydrogen) atoms. The zero-order valence-corrected chi connectivity index (χ0v) is 7.28. The van der Waals surface area contributed by atoms with Crippen molar-refractivity contribution in [2.24, 2.45) is 0 Å². The molecular formula is C7H8N4S. The van der Waals surface area contributed by atoms with Gasteiger partial charge in [-0.05, 0) is 0 Å². The van der Waals surface area contributed by atoms with Gasteiger partial charge in [0.05, 0.1) is 6.54 Å². The zero-order valence-electron chi connectivity index (χ0n) is 6.38. The van der Waals surface area contributed by atoms with Crippen LogP contribution in [0.15, 0.2) is 18.5 Å². The molecular weight excluding hydrogens is 172 g/mol. The number of hydrogen-bond acceptors (Lipinski definition) is 4. The molecule has 0 aliphatic carbocycles. The fourth-order valence-corrected chi connectivity index (χ4v) is 0.840. The minimum absolute atomic E-state index is 0.203. The first-order valence-corrected chi connectivity index (χ1v) is 4.05. The molecule has 0 fully saturated rings. The molecule has 0 spiro atoms. The molecule has 0 saturated heterocycles. The van der Waals surface area contributed by atoms with E-state index in [1.54, 1.807) is 4.68 Å². The minimum atomic E-state index is 0.203. The molecule has 0 unspecified atom stereocenters. The second kappa shape index (κ2) is 4.57. The van der Waals surface area contributed by atoms with Crippen LogP contribution in [-0.4, -0.2) is 20.5 Å². The van der Waals surface area contributed by atoms with Crippen molar-refractivity contribution in [3.05, 3.63) is 24.3 Å². The van der Waals surface area contributed by atoms with Crippen LogP contribution in [0, 0.1) is 11.3 Å². The maximum atomic E-state index is 8.40. The molecule has 0 aliphatic rings. The topological polar surface area (TPSA) is 54.5 Å². The summed E-state index contributed by atoms with van der Waals surface area (Å²) in [7, 11) is 0. The fraction of sp³-hybridized carbons (Fsp3) is 0.286. The van der Waals surface area contributed by atoms with Crippen LogP contribution in [0.2, 0.25) is 0 Å². The van der Waals surface area contributed by atoms with E-state index >= 15 is 0 Å². The van der Waals surface area contributed by atoms with Gasteiger partial charge in [0.2, 0.25) is 0 Å². The molecule has 0 aliphatic heterocycles. The van der Waals surface area contributed by atoms with Crippen molar-refractivity contribution in [2.45, 2.75) is 6.54 Å². The summed E-state index contributed by atoms with van der Waals surface area (Å²) in [4.78, 5) is 3.75. The summed E-state index contributed by atoms with van der Waals surface area (Å²) in [5.41, 5.74) is 0. The van der Waals surface area contributed by atoms with Crippen LogP contribution in [0.25, 0.3) is 0 Å². The maximum Gasteiger partial charge on any atom is 0.252 e. The van der Waals surface area contributed by atoms with Crippen LogP contribution in [-0.2, 0) is 6.54 Å². The molecule has 1 aromatic heterocycles. The van der Waals surface area contributed by atoms with E-state index in [0.29, 0.717) is 12.3 Å². The van der Waals surface area contributed by atoms with Gasteiger partial charge in [0.15, 0.2) is 0 Å². The number of hydrogen-bond donors (Lipinski definition) is 1. The zero-order chi connectivity index (χ0) is 8.81. The Hall–Kier alpha value is -1.28. The van der Waals surface area contributed by atoms with E-state index < -0.39 is 0 Å². The predicted molar refractivity (Wildman–Crippen MR) is 47.7 cm³/mol. The van der Waals surface area contributed by atoms with Crippen molar-refractivity contribution in [3.63, 3.8) is 0 Å². The van der Waals surface area contributed by atoms with Gasteiger partial charge >= 0.3 is 0 Å². The Morgan fingerprint density at radius 1 is 1.67 bits per heavy atom. The Morgan fingerprint density at radius 3 is 3.08 bits per heavy atom. The van der Waals surface area contributed by atoms with Crippen LogP contribution in [0.3, 0.4) is 0 Å². The fourth-order valence-electron chi connectivity index (χ4n) is 0.691. The number of allylic oxidation sites excluding steroid dienone is 1. The molecule has 0 saturated carbocycles. The first kappa shape index (κ1) is 8.81. The molecule has 0 bridgehead atoms. The highest BCUT2D eigenvalue weighted by Gasteiger charge is 1.94. The summed E-state index contributed by atoms with van der Waals surface area (Å²) in [6.45, 7) is 0.634. The van der Waals surface area contributed by atoms with E-state index in [0.717, 1.165) is 0 Å². The molecule has 0 amide bonds. The molecule has 1 heterocycles. The first-order chi connectivity index (χ1) is 5.86. The summed E-state index contributed by atoms with van der Waals surface area (Å²) in [5.74, 6) is 0.911. The van der Waals surface area contributed by atoms with E-state index in [4.69, 9.17) is 5.26 Å². The van der Waals surface area contributed by atoms with Gasteiger partial charge in [-0.2, -0.15) is 17.9 Å². The molecule has 1 aromatic rings. The van der Waals surface area contributed by atoms with Crippen LogP contribution in [0.1, 0.15) is 5.82 Å². The average molecular weight is 180 g/mol. The molecule has 0 atom stereocenters. The smallest absolute Gasteiger partial charge is 0.248 e. The van der Waals surface area contributed by atoms with Gasteiger partial charge in [0.25, 0.3) is 5.82 Å². The largest absolute Gasteiger partial charge is 0.252 e. The van der Waals surface area contributed by atoms with Crippen LogP contribution in [0.5, 0.6) is 0 Å². The summed E-state index contributed by atoms with van der Waals surface area (Å²) < 4.78 is 1.60. The lowest BCUT2D eigenvalue weighted by atomic mass is 10.5. The molecule has 4 nitrogen and oxygen atoms in total. The van der Waals surface area contributed by atoms with Crippen LogP contribution in [0.4, 0.5) is 0 Å². The van der Waals surface area contributed by atoms with Crippen molar-refractivity contribution >= 4 is 12.6 Å². The highest BCUT2D eigenvalue weighted by atomic mass is 32.1. The van der Waals surface area contributed by atoms with E-state index in [1.165, 1.54) is 6.33 Å². The van der Waals surface area contributed by atoms with E-state index in [2.05, 4.69) is 22.7 Å². The third-order valence-electron chi connectivity index (χ3n) is 1.20. The van der Waals surface area contributed by atoms with Crippen molar-refractivity contribution in [2.75, 3.05) is 5.75 Å². The summed E-state index contributed by atoms with van der Waals surface area (Å²) in [6.07, 6.45) is 5.36. The SMILES string of the molecule is N#Cc1ncn(CC=CCS)n1. The Labute approximate surface area is 75.9 Å². The third-order valence-corrected chi connectivity index (χ3v) is 1.41. The second-order valence-electron chi connectivity index (χ2n) is 2.06.